The maximum atomic E-state index is 14.9. The minimum Gasteiger partial charge on any atom is -0.234 e. The first kappa shape index (κ1) is 22.3. The average Bonchev–Trinajstić information content (AvgIpc) is 2.78. The lowest BCUT2D eigenvalue weighted by atomic mass is 9.65. The summed E-state index contributed by atoms with van der Waals surface area (Å²) in [5.41, 5.74) is 2.34. The molecule has 4 rings (SSSR count). The molecular weight excluding hydrogens is 374 g/mol. The highest BCUT2D eigenvalue weighted by Gasteiger charge is 2.36. The number of allylic oxidation sites excluding steroid dienone is 6. The summed E-state index contributed by atoms with van der Waals surface area (Å²) < 4.78 is 29.4. The molecule has 0 spiro atoms. The Hall–Kier alpha value is -0.920. The van der Waals surface area contributed by atoms with Crippen molar-refractivity contribution in [2.45, 2.75) is 110 Å². The van der Waals surface area contributed by atoms with Gasteiger partial charge in [0.15, 0.2) is 6.17 Å². The fourth-order valence-corrected chi connectivity index (χ4v) is 7.10. The van der Waals surface area contributed by atoms with E-state index in [1.165, 1.54) is 64.2 Å². The number of rotatable bonds is 6. The zero-order valence-corrected chi connectivity index (χ0v) is 19.3. The van der Waals surface area contributed by atoms with Crippen LogP contribution in [0.1, 0.15) is 104 Å². The van der Waals surface area contributed by atoms with Crippen LogP contribution in [0.15, 0.2) is 34.7 Å². The Morgan fingerprint density at radius 3 is 2.10 bits per heavy atom. The SMILES string of the molecule is CCCC1=C(F)C(F)C2=CC(C3CCC(C4CCC(CCC)CC4)CC3)CCC2=C1. The van der Waals surface area contributed by atoms with Crippen molar-refractivity contribution in [1.29, 1.82) is 0 Å². The van der Waals surface area contributed by atoms with Gasteiger partial charge >= 0.3 is 0 Å². The fraction of sp³-hybridized carbons (Fsp3) is 0.786. The van der Waals surface area contributed by atoms with Crippen LogP contribution in [0.5, 0.6) is 0 Å². The fourth-order valence-electron chi connectivity index (χ4n) is 7.10. The van der Waals surface area contributed by atoms with Gasteiger partial charge in [-0.1, -0.05) is 58.1 Å². The van der Waals surface area contributed by atoms with Crippen molar-refractivity contribution in [1.82, 2.24) is 0 Å². The molecule has 0 aromatic rings. The van der Waals surface area contributed by atoms with Crippen LogP contribution in [-0.2, 0) is 0 Å². The van der Waals surface area contributed by atoms with Crippen molar-refractivity contribution < 1.29 is 8.78 Å². The van der Waals surface area contributed by atoms with Gasteiger partial charge in [0.05, 0.1) is 0 Å². The molecule has 0 amide bonds. The summed E-state index contributed by atoms with van der Waals surface area (Å²) in [5.74, 6) is 3.50. The smallest absolute Gasteiger partial charge is 0.177 e. The van der Waals surface area contributed by atoms with Gasteiger partial charge < -0.3 is 0 Å². The van der Waals surface area contributed by atoms with Crippen LogP contribution < -0.4 is 0 Å². The van der Waals surface area contributed by atoms with Crippen LogP contribution >= 0.6 is 0 Å². The highest BCUT2D eigenvalue weighted by Crippen LogP contribution is 2.47. The molecule has 2 saturated carbocycles. The van der Waals surface area contributed by atoms with Crippen molar-refractivity contribution in [3.8, 4) is 0 Å². The van der Waals surface area contributed by atoms with Gasteiger partial charge in [0, 0.05) is 0 Å². The second-order valence-corrected chi connectivity index (χ2v) is 10.7. The van der Waals surface area contributed by atoms with Crippen molar-refractivity contribution >= 4 is 0 Å². The molecule has 0 N–H and O–H groups in total. The first-order chi connectivity index (χ1) is 14.6. The summed E-state index contributed by atoms with van der Waals surface area (Å²) in [6.07, 6.45) is 20.1. The molecule has 0 aromatic heterocycles. The summed E-state index contributed by atoms with van der Waals surface area (Å²) in [6.45, 7) is 4.35. The molecule has 0 bridgehead atoms. The summed E-state index contributed by atoms with van der Waals surface area (Å²) in [7, 11) is 0. The first-order valence-electron chi connectivity index (χ1n) is 13.1. The van der Waals surface area contributed by atoms with Gasteiger partial charge in [-0.05, 0) is 104 Å². The third kappa shape index (κ3) is 4.78. The predicted octanol–water partition coefficient (Wildman–Crippen LogP) is 9.04. The largest absolute Gasteiger partial charge is 0.234 e. The Morgan fingerprint density at radius 1 is 0.833 bits per heavy atom. The normalized spacial score (nSPS) is 37.5. The molecule has 4 aliphatic carbocycles. The Kier molecular flexibility index (Phi) is 7.53. The van der Waals surface area contributed by atoms with Crippen molar-refractivity contribution in [3.05, 3.63) is 34.7 Å². The molecule has 30 heavy (non-hydrogen) atoms. The van der Waals surface area contributed by atoms with Crippen molar-refractivity contribution in [2.24, 2.45) is 29.6 Å². The first-order valence-corrected chi connectivity index (χ1v) is 13.1. The Bertz CT molecular complexity index is 669. The maximum absolute atomic E-state index is 14.9. The molecule has 168 valence electrons. The van der Waals surface area contributed by atoms with E-state index in [0.29, 0.717) is 29.4 Å². The standard InChI is InChI=1S/C28H42F2/c1-3-5-19-7-9-20(10-8-19)21-11-13-22(14-12-21)23-15-16-24-17-25(6-4-2)27(29)28(30)26(24)18-23/h17-23,28H,3-16H2,1-2H3. The third-order valence-electron chi connectivity index (χ3n) is 8.86. The molecule has 4 aliphatic rings. The van der Waals surface area contributed by atoms with Crippen LogP contribution in [0.4, 0.5) is 8.78 Å². The van der Waals surface area contributed by atoms with Gasteiger partial charge in [0.25, 0.3) is 0 Å². The van der Waals surface area contributed by atoms with Crippen molar-refractivity contribution in [2.75, 3.05) is 0 Å². The molecular formula is C28H42F2. The van der Waals surface area contributed by atoms with E-state index in [4.69, 9.17) is 0 Å². The van der Waals surface area contributed by atoms with Crippen LogP contribution in [0.3, 0.4) is 0 Å². The molecule has 2 atom stereocenters. The predicted molar refractivity (Wildman–Crippen MR) is 123 cm³/mol. The number of fused-ring (bicyclic) bond motifs is 1. The second kappa shape index (κ2) is 10.1. The van der Waals surface area contributed by atoms with E-state index < -0.39 is 12.0 Å². The molecule has 0 heterocycles. The topological polar surface area (TPSA) is 0 Å². The number of halogens is 2. The molecule has 2 fully saturated rings. The average molecular weight is 417 g/mol. The summed E-state index contributed by atoms with van der Waals surface area (Å²) >= 11 is 0. The number of alkyl halides is 1. The Balaban J connectivity index is 1.32. The van der Waals surface area contributed by atoms with E-state index in [1.54, 1.807) is 0 Å². The quantitative estimate of drug-likeness (QED) is 0.405. The lowest BCUT2D eigenvalue weighted by Crippen LogP contribution is -2.29. The van der Waals surface area contributed by atoms with E-state index in [0.717, 1.165) is 42.6 Å². The summed E-state index contributed by atoms with van der Waals surface area (Å²) in [5, 5.41) is 0. The molecule has 0 aliphatic heterocycles. The molecule has 0 nitrogen and oxygen atoms in total. The van der Waals surface area contributed by atoms with Gasteiger partial charge in [0.1, 0.15) is 5.83 Å². The van der Waals surface area contributed by atoms with E-state index in [9.17, 15) is 8.78 Å². The molecule has 0 aromatic carbocycles. The Labute approximate surface area is 183 Å². The van der Waals surface area contributed by atoms with Gasteiger partial charge in [0.2, 0.25) is 0 Å². The van der Waals surface area contributed by atoms with Gasteiger partial charge in [-0.25, -0.2) is 8.78 Å². The van der Waals surface area contributed by atoms with Crippen LogP contribution in [-0.4, -0.2) is 6.17 Å². The molecule has 2 unspecified atom stereocenters. The minimum absolute atomic E-state index is 0.456. The van der Waals surface area contributed by atoms with Crippen molar-refractivity contribution in [3.63, 3.8) is 0 Å². The molecule has 2 heteroatoms. The van der Waals surface area contributed by atoms with E-state index in [-0.39, 0.29) is 0 Å². The van der Waals surface area contributed by atoms with Gasteiger partial charge in [-0.15, -0.1) is 0 Å². The highest BCUT2D eigenvalue weighted by atomic mass is 19.2. The highest BCUT2D eigenvalue weighted by molar-refractivity contribution is 5.50. The maximum Gasteiger partial charge on any atom is 0.177 e. The van der Waals surface area contributed by atoms with Gasteiger partial charge in [-0.3, -0.25) is 0 Å². The zero-order chi connectivity index (χ0) is 21.1. The Morgan fingerprint density at radius 2 is 1.47 bits per heavy atom. The van der Waals surface area contributed by atoms with E-state index in [2.05, 4.69) is 13.0 Å². The van der Waals surface area contributed by atoms with E-state index >= 15 is 0 Å². The summed E-state index contributed by atoms with van der Waals surface area (Å²) in [4.78, 5) is 0. The number of hydrogen-bond acceptors (Lipinski definition) is 0. The monoisotopic (exact) mass is 416 g/mol. The number of hydrogen-bond donors (Lipinski definition) is 0. The van der Waals surface area contributed by atoms with Crippen LogP contribution in [0.25, 0.3) is 0 Å². The van der Waals surface area contributed by atoms with Gasteiger partial charge in [-0.2, -0.15) is 0 Å². The molecule has 0 saturated heterocycles. The minimum atomic E-state index is -1.51. The second-order valence-electron chi connectivity index (χ2n) is 10.7. The lowest BCUT2D eigenvalue weighted by Gasteiger charge is -2.40. The third-order valence-corrected chi connectivity index (χ3v) is 8.86. The zero-order valence-electron chi connectivity index (χ0n) is 19.3. The van der Waals surface area contributed by atoms with Crippen LogP contribution in [0, 0.1) is 29.6 Å². The summed E-state index contributed by atoms with van der Waals surface area (Å²) in [6, 6.07) is 0. The molecule has 0 radical (unpaired) electrons. The van der Waals surface area contributed by atoms with Crippen LogP contribution in [0.2, 0.25) is 0 Å². The lowest BCUT2D eigenvalue weighted by molar-refractivity contribution is 0.129. The van der Waals surface area contributed by atoms with E-state index in [1.807, 2.05) is 13.0 Å².